The zero-order valence-corrected chi connectivity index (χ0v) is 21.7. The molecule has 1 amide bonds. The van der Waals surface area contributed by atoms with Crippen LogP contribution in [-0.2, 0) is 14.8 Å². The Morgan fingerprint density at radius 2 is 1.65 bits per heavy atom. The van der Waals surface area contributed by atoms with E-state index in [0.717, 1.165) is 11.4 Å². The van der Waals surface area contributed by atoms with Gasteiger partial charge in [0, 0.05) is 62.5 Å². The van der Waals surface area contributed by atoms with E-state index in [1.165, 1.54) is 16.4 Å². The van der Waals surface area contributed by atoms with Gasteiger partial charge < -0.3 is 19.1 Å². The third-order valence-electron chi connectivity index (χ3n) is 6.54. The lowest BCUT2D eigenvalue weighted by Gasteiger charge is -2.35. The second-order valence-electron chi connectivity index (χ2n) is 9.34. The molecule has 0 N–H and O–H groups in total. The lowest BCUT2D eigenvalue weighted by atomic mass is 10.2. The Labute approximate surface area is 216 Å². The number of morpholine rings is 1. The summed E-state index contributed by atoms with van der Waals surface area (Å²) in [7, 11) is -3.59. The van der Waals surface area contributed by atoms with Gasteiger partial charge >= 0.3 is 0 Å². The van der Waals surface area contributed by atoms with Crippen LogP contribution in [0.4, 0.5) is 5.82 Å². The number of sulfonamides is 1. The normalized spacial score (nSPS) is 17.4. The molecule has 2 saturated heterocycles. The van der Waals surface area contributed by atoms with E-state index in [9.17, 15) is 13.2 Å². The lowest BCUT2D eigenvalue weighted by Crippen LogP contribution is -2.49. The summed E-state index contributed by atoms with van der Waals surface area (Å²) in [6, 6.07) is 10.0. The number of ether oxygens (including phenoxy) is 1. The first kappa shape index (κ1) is 25.3. The highest BCUT2D eigenvalue weighted by Crippen LogP contribution is 2.23. The van der Waals surface area contributed by atoms with Gasteiger partial charge in [-0.25, -0.2) is 13.4 Å². The Hall–Kier alpha value is -3.35. The molecule has 4 heterocycles. The van der Waals surface area contributed by atoms with E-state index in [1.54, 1.807) is 23.2 Å². The maximum Gasteiger partial charge on any atom is 0.253 e. The summed E-state index contributed by atoms with van der Waals surface area (Å²) in [5, 5.41) is 4.03. The molecule has 2 aliphatic rings. The van der Waals surface area contributed by atoms with E-state index in [4.69, 9.17) is 9.26 Å². The third kappa shape index (κ3) is 5.36. The van der Waals surface area contributed by atoms with Crippen molar-refractivity contribution < 1.29 is 22.5 Å². The van der Waals surface area contributed by atoms with E-state index in [0.29, 0.717) is 69.8 Å². The molecule has 3 aromatic rings. The summed E-state index contributed by atoms with van der Waals surface area (Å²) >= 11 is 0. The van der Waals surface area contributed by atoms with E-state index < -0.39 is 10.0 Å². The van der Waals surface area contributed by atoms with Crippen LogP contribution >= 0.6 is 0 Å². The summed E-state index contributed by atoms with van der Waals surface area (Å²) in [6.07, 6.45) is 1.73. The molecule has 1 aromatic carbocycles. The van der Waals surface area contributed by atoms with Gasteiger partial charge in [-0.3, -0.25) is 4.79 Å². The van der Waals surface area contributed by atoms with E-state index in [1.807, 2.05) is 26.0 Å². The van der Waals surface area contributed by atoms with Crippen molar-refractivity contribution in [2.24, 2.45) is 0 Å². The molecule has 5 rings (SSSR count). The van der Waals surface area contributed by atoms with Crippen molar-refractivity contribution in [3.05, 3.63) is 54.0 Å². The zero-order valence-electron chi connectivity index (χ0n) is 20.9. The molecule has 37 heavy (non-hydrogen) atoms. The number of carbonyl (C=O) groups is 1. The SMILES string of the molecule is CC(C)c1nc(-c2ccc(N3CCN(C(=O)c4ccc(S(=O)(=O)N5CCOCC5)cc4)CC3)nc2)no1. The van der Waals surface area contributed by atoms with Gasteiger partial charge in [0.25, 0.3) is 5.91 Å². The van der Waals surface area contributed by atoms with Gasteiger partial charge in [0.05, 0.1) is 18.1 Å². The summed E-state index contributed by atoms with van der Waals surface area (Å²) in [5.74, 6) is 1.97. The first-order chi connectivity index (χ1) is 17.8. The standard InChI is InChI=1S/C25H30N6O5S/c1-18(2)24-27-23(28-36-24)20-5-8-22(26-17-20)29-9-11-30(12-10-29)25(32)19-3-6-21(7-4-19)37(33,34)31-13-15-35-16-14-31/h3-8,17-18H,9-16H2,1-2H3. The third-order valence-corrected chi connectivity index (χ3v) is 8.45. The van der Waals surface area contributed by atoms with Crippen molar-refractivity contribution in [2.75, 3.05) is 57.4 Å². The summed E-state index contributed by atoms with van der Waals surface area (Å²) < 4.78 is 37.6. The zero-order chi connectivity index (χ0) is 26.0. The Kier molecular flexibility index (Phi) is 7.22. The second-order valence-corrected chi connectivity index (χ2v) is 11.3. The Bertz CT molecular complexity index is 1330. The minimum atomic E-state index is -3.59. The minimum Gasteiger partial charge on any atom is -0.379 e. The predicted octanol–water partition coefficient (Wildman–Crippen LogP) is 2.24. The molecule has 11 nitrogen and oxygen atoms in total. The van der Waals surface area contributed by atoms with Crippen LogP contribution in [0, 0.1) is 0 Å². The second kappa shape index (κ2) is 10.6. The topological polar surface area (TPSA) is 122 Å². The highest BCUT2D eigenvalue weighted by atomic mass is 32.2. The fourth-order valence-corrected chi connectivity index (χ4v) is 5.73. The maximum absolute atomic E-state index is 13.0. The highest BCUT2D eigenvalue weighted by molar-refractivity contribution is 7.89. The van der Waals surface area contributed by atoms with Crippen LogP contribution in [0.1, 0.15) is 36.0 Å². The van der Waals surface area contributed by atoms with Crippen LogP contribution in [0.5, 0.6) is 0 Å². The van der Waals surface area contributed by atoms with Gasteiger partial charge in [-0.15, -0.1) is 0 Å². The van der Waals surface area contributed by atoms with Crippen molar-refractivity contribution in [1.29, 1.82) is 0 Å². The van der Waals surface area contributed by atoms with Crippen molar-refractivity contribution >= 4 is 21.7 Å². The molecule has 196 valence electrons. The molecule has 0 unspecified atom stereocenters. The van der Waals surface area contributed by atoms with Gasteiger partial charge in [0.15, 0.2) is 0 Å². The number of benzene rings is 1. The number of aromatic nitrogens is 3. The first-order valence-corrected chi connectivity index (χ1v) is 13.8. The molecule has 2 aliphatic heterocycles. The number of hydrogen-bond donors (Lipinski definition) is 0. The van der Waals surface area contributed by atoms with Crippen LogP contribution in [0.3, 0.4) is 0 Å². The molecule has 0 atom stereocenters. The first-order valence-electron chi connectivity index (χ1n) is 12.3. The van der Waals surface area contributed by atoms with Crippen molar-refractivity contribution in [3.8, 4) is 11.4 Å². The van der Waals surface area contributed by atoms with Crippen molar-refractivity contribution in [1.82, 2.24) is 24.3 Å². The number of hydrogen-bond acceptors (Lipinski definition) is 9. The quantitative estimate of drug-likeness (QED) is 0.476. The highest BCUT2D eigenvalue weighted by Gasteiger charge is 2.27. The Morgan fingerprint density at radius 3 is 2.24 bits per heavy atom. The van der Waals surface area contributed by atoms with Gasteiger partial charge in [-0.05, 0) is 36.4 Å². The molecule has 0 aliphatic carbocycles. The Balaban J connectivity index is 1.18. The van der Waals surface area contributed by atoms with Gasteiger partial charge in [-0.1, -0.05) is 19.0 Å². The number of piperazine rings is 1. The smallest absolute Gasteiger partial charge is 0.253 e. The maximum atomic E-state index is 13.0. The molecular weight excluding hydrogens is 496 g/mol. The van der Waals surface area contributed by atoms with Crippen molar-refractivity contribution in [3.63, 3.8) is 0 Å². The van der Waals surface area contributed by atoms with E-state index >= 15 is 0 Å². The number of anilines is 1. The fraction of sp³-hybridized carbons (Fsp3) is 0.440. The fourth-order valence-electron chi connectivity index (χ4n) is 4.32. The molecule has 0 radical (unpaired) electrons. The summed E-state index contributed by atoms with van der Waals surface area (Å²) in [4.78, 5) is 26.1. The molecular formula is C25H30N6O5S. The van der Waals surface area contributed by atoms with E-state index in [-0.39, 0.29) is 16.7 Å². The minimum absolute atomic E-state index is 0.114. The number of rotatable bonds is 6. The molecule has 2 aromatic heterocycles. The summed E-state index contributed by atoms with van der Waals surface area (Å²) in [6.45, 7) is 7.80. The van der Waals surface area contributed by atoms with E-state index in [2.05, 4.69) is 20.0 Å². The van der Waals surface area contributed by atoms with Crippen molar-refractivity contribution in [2.45, 2.75) is 24.7 Å². The summed E-state index contributed by atoms with van der Waals surface area (Å²) in [5.41, 5.74) is 1.25. The Morgan fingerprint density at radius 1 is 0.946 bits per heavy atom. The van der Waals surface area contributed by atoms with Crippen LogP contribution in [-0.4, -0.2) is 91.1 Å². The van der Waals surface area contributed by atoms with Gasteiger partial charge in [0.2, 0.25) is 21.7 Å². The average Bonchev–Trinajstić information content (AvgIpc) is 3.44. The lowest BCUT2D eigenvalue weighted by molar-refractivity contribution is 0.0730. The van der Waals surface area contributed by atoms with Gasteiger partial charge in [0.1, 0.15) is 5.82 Å². The van der Waals surface area contributed by atoms with Gasteiger partial charge in [-0.2, -0.15) is 9.29 Å². The largest absolute Gasteiger partial charge is 0.379 e. The number of nitrogens with zero attached hydrogens (tertiary/aromatic N) is 6. The monoisotopic (exact) mass is 526 g/mol. The van der Waals surface area contributed by atoms with Crippen LogP contribution < -0.4 is 4.90 Å². The number of carbonyl (C=O) groups excluding carboxylic acids is 1. The predicted molar refractivity (Wildman–Crippen MR) is 136 cm³/mol. The molecule has 12 heteroatoms. The number of amides is 1. The molecule has 0 saturated carbocycles. The van der Waals surface area contributed by atoms with Crippen LogP contribution in [0.25, 0.3) is 11.4 Å². The molecule has 0 spiro atoms. The van der Waals surface area contributed by atoms with Crippen LogP contribution in [0.15, 0.2) is 52.0 Å². The van der Waals surface area contributed by atoms with Crippen LogP contribution in [0.2, 0.25) is 0 Å². The molecule has 0 bridgehead atoms. The molecule has 2 fully saturated rings. The average molecular weight is 527 g/mol. The number of pyridine rings is 1.